The summed E-state index contributed by atoms with van der Waals surface area (Å²) in [5.74, 6) is -1.79. The van der Waals surface area contributed by atoms with Crippen LogP contribution in [0.2, 0.25) is 0 Å². The van der Waals surface area contributed by atoms with Gasteiger partial charge in [-0.25, -0.2) is 0 Å². The number of nitrogens with zero attached hydrogens (tertiary/aromatic N) is 3. The number of amides is 2. The van der Waals surface area contributed by atoms with Gasteiger partial charge in [0, 0.05) is 43.9 Å². The second-order valence-corrected chi connectivity index (χ2v) is 9.78. The number of hydrogen-bond acceptors (Lipinski definition) is 7. The highest BCUT2D eigenvalue weighted by Gasteiger charge is 2.66. The van der Waals surface area contributed by atoms with E-state index in [2.05, 4.69) is 4.90 Å². The third kappa shape index (κ3) is 3.88. The maximum atomic E-state index is 14.3. The quantitative estimate of drug-likeness (QED) is 0.341. The average molecular weight is 520 g/mol. The van der Waals surface area contributed by atoms with Crippen molar-refractivity contribution in [2.45, 2.75) is 25.8 Å². The first-order valence-electron chi connectivity index (χ1n) is 13.0. The molecule has 1 unspecified atom stereocenters. The first-order chi connectivity index (χ1) is 18.4. The number of aryl methyl sites for hydroxylation is 1. The molecule has 0 radical (unpaired) electrons. The van der Waals surface area contributed by atoms with E-state index in [4.69, 9.17) is 9.47 Å². The van der Waals surface area contributed by atoms with Gasteiger partial charge in [0.05, 0.1) is 31.6 Å². The molecule has 9 nitrogen and oxygen atoms in total. The SMILES string of the molecule is CCN1C(=O)C2(/C(=C(/O)c3ccc(OC)c(C)c3)C(=O)C(=O)N2CCCN2CCOCC2)c2ccccc21. The lowest BCUT2D eigenvalue weighted by Gasteiger charge is -2.35. The van der Waals surface area contributed by atoms with Crippen molar-refractivity contribution >= 4 is 29.0 Å². The molecule has 3 aliphatic rings. The minimum atomic E-state index is -1.73. The fourth-order valence-corrected chi connectivity index (χ4v) is 5.93. The molecule has 2 amide bonds. The van der Waals surface area contributed by atoms with E-state index in [1.165, 1.54) is 4.90 Å². The summed E-state index contributed by atoms with van der Waals surface area (Å²) in [6, 6.07) is 12.2. The number of anilines is 1. The molecule has 1 atom stereocenters. The minimum absolute atomic E-state index is 0.188. The van der Waals surface area contributed by atoms with Crippen LogP contribution in [0.4, 0.5) is 5.69 Å². The number of rotatable bonds is 7. The molecule has 2 aromatic rings. The second kappa shape index (κ2) is 10.2. The van der Waals surface area contributed by atoms with E-state index in [1.807, 2.05) is 26.0 Å². The smallest absolute Gasteiger partial charge is 0.296 e. The van der Waals surface area contributed by atoms with Crippen molar-refractivity contribution in [2.24, 2.45) is 0 Å². The summed E-state index contributed by atoms with van der Waals surface area (Å²) in [5.41, 5.74) is 0.338. The van der Waals surface area contributed by atoms with Gasteiger partial charge in [-0.1, -0.05) is 18.2 Å². The molecule has 1 spiro atoms. The van der Waals surface area contributed by atoms with Crippen LogP contribution >= 0.6 is 0 Å². The first kappa shape index (κ1) is 25.9. The average Bonchev–Trinajstić information content (AvgIpc) is 3.31. The number of carbonyl (C=O) groups excluding carboxylic acids is 3. The van der Waals surface area contributed by atoms with Crippen LogP contribution < -0.4 is 9.64 Å². The van der Waals surface area contributed by atoms with Crippen LogP contribution in [0.1, 0.15) is 30.0 Å². The fraction of sp³-hybridized carbons (Fsp3) is 0.414. The van der Waals surface area contributed by atoms with Gasteiger partial charge in [-0.15, -0.1) is 0 Å². The number of morpholine rings is 1. The van der Waals surface area contributed by atoms with Crippen molar-refractivity contribution in [1.82, 2.24) is 9.80 Å². The third-order valence-electron chi connectivity index (χ3n) is 7.75. The van der Waals surface area contributed by atoms with E-state index in [-0.39, 0.29) is 17.9 Å². The Morgan fingerprint density at radius 2 is 1.82 bits per heavy atom. The zero-order valence-electron chi connectivity index (χ0n) is 22.0. The number of likely N-dealkylation sites (N-methyl/N-ethyl adjacent to an activating group) is 1. The number of likely N-dealkylation sites (tertiary alicyclic amines) is 1. The number of fused-ring (bicyclic) bond motifs is 2. The zero-order valence-corrected chi connectivity index (χ0v) is 22.0. The summed E-state index contributed by atoms with van der Waals surface area (Å²) in [6.07, 6.45) is 0.567. The monoisotopic (exact) mass is 519 g/mol. The molecule has 3 heterocycles. The molecule has 2 fully saturated rings. The molecule has 2 aromatic carbocycles. The number of ether oxygens (including phenoxy) is 2. The van der Waals surface area contributed by atoms with Crippen LogP contribution in [0.5, 0.6) is 5.75 Å². The van der Waals surface area contributed by atoms with E-state index in [0.717, 1.165) is 18.7 Å². The number of aliphatic hydroxyl groups excluding tert-OH is 1. The van der Waals surface area contributed by atoms with Gasteiger partial charge in [0.25, 0.3) is 17.6 Å². The van der Waals surface area contributed by atoms with E-state index in [9.17, 15) is 19.5 Å². The molecule has 3 aliphatic heterocycles. The van der Waals surface area contributed by atoms with Gasteiger partial charge in [0.15, 0.2) is 5.54 Å². The van der Waals surface area contributed by atoms with Gasteiger partial charge >= 0.3 is 0 Å². The summed E-state index contributed by atoms with van der Waals surface area (Å²) in [7, 11) is 1.55. The topological polar surface area (TPSA) is 99.6 Å². The van der Waals surface area contributed by atoms with Crippen LogP contribution in [0.15, 0.2) is 48.0 Å². The lowest BCUT2D eigenvalue weighted by molar-refractivity contribution is -0.143. The van der Waals surface area contributed by atoms with Crippen molar-refractivity contribution in [1.29, 1.82) is 0 Å². The number of carbonyl (C=O) groups is 3. The summed E-state index contributed by atoms with van der Waals surface area (Å²) in [6.45, 7) is 7.84. The molecule has 9 heteroatoms. The molecule has 0 aromatic heterocycles. The summed E-state index contributed by atoms with van der Waals surface area (Å²) in [5, 5.41) is 11.6. The summed E-state index contributed by atoms with van der Waals surface area (Å²) >= 11 is 0. The third-order valence-corrected chi connectivity index (χ3v) is 7.75. The van der Waals surface area contributed by atoms with Crippen LogP contribution in [-0.4, -0.2) is 85.6 Å². The van der Waals surface area contributed by atoms with Gasteiger partial charge in [0.2, 0.25) is 0 Å². The Morgan fingerprint density at radius 3 is 2.50 bits per heavy atom. The standard InChI is InChI=1S/C29H33N3O6/c1-4-31-22-9-6-5-8-21(22)29(28(31)36)24(25(33)20-10-11-23(37-3)19(2)18-20)26(34)27(35)32(29)13-7-12-30-14-16-38-17-15-30/h5-6,8-11,18,33H,4,7,12-17H2,1-3H3/b25-24+. The molecule has 200 valence electrons. The Bertz CT molecular complexity index is 1320. The lowest BCUT2D eigenvalue weighted by Crippen LogP contribution is -2.52. The minimum Gasteiger partial charge on any atom is -0.507 e. The number of benzene rings is 2. The van der Waals surface area contributed by atoms with E-state index < -0.39 is 23.1 Å². The van der Waals surface area contributed by atoms with Gasteiger partial charge in [-0.3, -0.25) is 19.3 Å². The Morgan fingerprint density at radius 1 is 1.08 bits per heavy atom. The van der Waals surface area contributed by atoms with Crippen LogP contribution in [-0.2, 0) is 24.7 Å². The van der Waals surface area contributed by atoms with Crippen molar-refractivity contribution in [3.8, 4) is 5.75 Å². The molecule has 5 rings (SSSR count). The normalized spacial score (nSPS) is 23.0. The Balaban J connectivity index is 1.65. The molecule has 0 saturated carbocycles. The van der Waals surface area contributed by atoms with Crippen molar-refractivity contribution in [3.63, 3.8) is 0 Å². The predicted octanol–water partition coefficient (Wildman–Crippen LogP) is 2.67. The van der Waals surface area contributed by atoms with Crippen molar-refractivity contribution in [2.75, 3.05) is 57.9 Å². The Kier molecular flexibility index (Phi) is 6.98. The molecule has 2 saturated heterocycles. The predicted molar refractivity (Wildman–Crippen MR) is 142 cm³/mol. The van der Waals surface area contributed by atoms with Gasteiger partial charge in [0.1, 0.15) is 11.5 Å². The number of Topliss-reactive ketones (excluding diaryl/α,β-unsaturated/α-hetero) is 1. The number of methoxy groups -OCH3 is 1. The molecule has 0 bridgehead atoms. The summed E-state index contributed by atoms with van der Waals surface area (Å²) < 4.78 is 10.8. The number of ketones is 1. The Hall–Kier alpha value is -3.69. The van der Waals surface area contributed by atoms with E-state index >= 15 is 0 Å². The van der Waals surface area contributed by atoms with Crippen molar-refractivity contribution in [3.05, 3.63) is 64.7 Å². The van der Waals surface area contributed by atoms with Crippen molar-refractivity contribution < 1.29 is 29.0 Å². The van der Waals surface area contributed by atoms with Crippen LogP contribution in [0, 0.1) is 6.92 Å². The number of para-hydroxylation sites is 1. The maximum Gasteiger partial charge on any atom is 0.296 e. The van der Waals surface area contributed by atoms with Crippen LogP contribution in [0.3, 0.4) is 0 Å². The van der Waals surface area contributed by atoms with Gasteiger partial charge in [-0.05, 0) is 50.1 Å². The molecular weight excluding hydrogens is 486 g/mol. The number of aliphatic hydroxyl groups is 1. The zero-order chi connectivity index (χ0) is 27.0. The highest BCUT2D eigenvalue weighted by Crippen LogP contribution is 2.53. The van der Waals surface area contributed by atoms with Gasteiger partial charge in [-0.2, -0.15) is 0 Å². The molecule has 1 N–H and O–H groups in total. The Labute approximate surface area is 222 Å². The fourth-order valence-electron chi connectivity index (χ4n) is 5.93. The lowest BCUT2D eigenvalue weighted by atomic mass is 9.81. The molecular formula is C29H33N3O6. The largest absolute Gasteiger partial charge is 0.507 e. The second-order valence-electron chi connectivity index (χ2n) is 9.78. The van der Waals surface area contributed by atoms with E-state index in [1.54, 1.807) is 42.3 Å². The highest BCUT2D eigenvalue weighted by molar-refractivity contribution is 6.50. The molecule has 38 heavy (non-hydrogen) atoms. The maximum absolute atomic E-state index is 14.3. The van der Waals surface area contributed by atoms with Gasteiger partial charge < -0.3 is 24.4 Å². The van der Waals surface area contributed by atoms with E-state index in [0.29, 0.717) is 55.3 Å². The first-order valence-corrected chi connectivity index (χ1v) is 13.0. The number of hydrogen-bond donors (Lipinski definition) is 1. The molecule has 0 aliphatic carbocycles. The summed E-state index contributed by atoms with van der Waals surface area (Å²) in [4.78, 5) is 46.8. The highest BCUT2D eigenvalue weighted by atomic mass is 16.5. The van der Waals surface area contributed by atoms with Crippen LogP contribution in [0.25, 0.3) is 5.76 Å².